The van der Waals surface area contributed by atoms with E-state index in [1.54, 1.807) is 23.2 Å². The Balaban J connectivity index is 2.01. The smallest absolute Gasteiger partial charge is 0.263 e. The van der Waals surface area contributed by atoms with Crippen molar-refractivity contribution in [2.24, 2.45) is 0 Å². The third-order valence-corrected chi connectivity index (χ3v) is 3.55. The Labute approximate surface area is 123 Å². The summed E-state index contributed by atoms with van der Waals surface area (Å²) in [4.78, 5) is 18.8. The molecule has 3 rings (SSSR count). The van der Waals surface area contributed by atoms with Gasteiger partial charge in [0.2, 0.25) is 5.88 Å². The molecule has 1 aliphatic heterocycles. The molecule has 108 valence electrons. The third-order valence-electron chi connectivity index (χ3n) is 3.55. The van der Waals surface area contributed by atoms with Crippen LogP contribution < -0.4 is 15.0 Å². The molecule has 1 aromatic heterocycles. The fourth-order valence-electron chi connectivity index (χ4n) is 2.53. The second kappa shape index (κ2) is 5.93. The van der Waals surface area contributed by atoms with Crippen LogP contribution in [0.3, 0.4) is 0 Å². The topological polar surface area (TPSA) is 54.5 Å². The maximum atomic E-state index is 12.9. The van der Waals surface area contributed by atoms with Crippen molar-refractivity contribution in [3.05, 3.63) is 53.7 Å². The van der Waals surface area contributed by atoms with Crippen molar-refractivity contribution < 1.29 is 9.53 Å². The summed E-state index contributed by atoms with van der Waals surface area (Å²) in [5.41, 5.74) is 2.54. The Bertz CT molecular complexity index is 657. The largest absolute Gasteiger partial charge is 0.480 e. The summed E-state index contributed by atoms with van der Waals surface area (Å²) in [6, 6.07) is 11.4. The lowest BCUT2D eigenvalue weighted by Crippen LogP contribution is -2.35. The maximum Gasteiger partial charge on any atom is 0.263 e. The van der Waals surface area contributed by atoms with Gasteiger partial charge in [0.15, 0.2) is 0 Å². The number of nitrogens with zero attached hydrogens (tertiary/aromatic N) is 2. The number of ether oxygens (including phenoxy) is 1. The SMILES string of the molecule is COc1ncccc1C(=O)N1CCNCc2ccccc21. The average molecular weight is 283 g/mol. The fraction of sp³-hybridized carbons (Fsp3) is 0.250. The number of hydrogen-bond acceptors (Lipinski definition) is 4. The van der Waals surface area contributed by atoms with E-state index in [0.717, 1.165) is 24.3 Å². The van der Waals surface area contributed by atoms with Crippen molar-refractivity contribution in [3.63, 3.8) is 0 Å². The van der Waals surface area contributed by atoms with Crippen LogP contribution in [0.15, 0.2) is 42.6 Å². The molecule has 1 aromatic carbocycles. The molecule has 0 unspecified atom stereocenters. The van der Waals surface area contributed by atoms with Crippen LogP contribution in [-0.2, 0) is 6.54 Å². The number of para-hydroxylation sites is 1. The molecule has 0 atom stereocenters. The van der Waals surface area contributed by atoms with Crippen molar-refractivity contribution in [1.29, 1.82) is 0 Å². The van der Waals surface area contributed by atoms with Gasteiger partial charge in [0.05, 0.1) is 7.11 Å². The number of hydrogen-bond donors (Lipinski definition) is 1. The first kappa shape index (κ1) is 13.6. The second-order valence-corrected chi connectivity index (χ2v) is 4.82. The summed E-state index contributed by atoms with van der Waals surface area (Å²) in [7, 11) is 1.52. The van der Waals surface area contributed by atoms with Gasteiger partial charge in [0, 0.05) is 31.5 Å². The van der Waals surface area contributed by atoms with Crippen molar-refractivity contribution in [1.82, 2.24) is 10.3 Å². The van der Waals surface area contributed by atoms with Gasteiger partial charge in [0.25, 0.3) is 5.91 Å². The van der Waals surface area contributed by atoms with E-state index in [9.17, 15) is 4.79 Å². The molecule has 0 saturated carbocycles. The van der Waals surface area contributed by atoms with Crippen LogP contribution in [0.5, 0.6) is 5.88 Å². The van der Waals surface area contributed by atoms with Gasteiger partial charge in [0.1, 0.15) is 5.56 Å². The predicted octanol–water partition coefficient (Wildman–Crippen LogP) is 1.84. The number of fused-ring (bicyclic) bond motifs is 1. The Hall–Kier alpha value is -2.40. The number of nitrogens with one attached hydrogen (secondary N) is 1. The number of carbonyl (C=O) groups excluding carboxylic acids is 1. The van der Waals surface area contributed by atoms with Gasteiger partial charge in [-0.1, -0.05) is 18.2 Å². The lowest BCUT2D eigenvalue weighted by molar-refractivity contribution is 0.0984. The highest BCUT2D eigenvalue weighted by molar-refractivity contribution is 6.08. The minimum atomic E-state index is -0.0869. The molecule has 1 N–H and O–H groups in total. The molecule has 1 amide bonds. The van der Waals surface area contributed by atoms with Crippen LogP contribution in [0.4, 0.5) is 5.69 Å². The summed E-state index contributed by atoms with van der Waals surface area (Å²) < 4.78 is 5.20. The molecular weight excluding hydrogens is 266 g/mol. The normalized spacial score (nSPS) is 14.2. The van der Waals surface area contributed by atoms with Gasteiger partial charge in [-0.15, -0.1) is 0 Å². The number of carbonyl (C=O) groups is 1. The lowest BCUT2D eigenvalue weighted by atomic mass is 10.1. The van der Waals surface area contributed by atoms with E-state index in [1.807, 2.05) is 24.3 Å². The Kier molecular flexibility index (Phi) is 3.83. The minimum Gasteiger partial charge on any atom is -0.480 e. The molecule has 5 heteroatoms. The van der Waals surface area contributed by atoms with Gasteiger partial charge in [-0.2, -0.15) is 0 Å². The first-order valence-electron chi connectivity index (χ1n) is 6.91. The highest BCUT2D eigenvalue weighted by Crippen LogP contribution is 2.25. The van der Waals surface area contributed by atoms with E-state index in [-0.39, 0.29) is 5.91 Å². The monoisotopic (exact) mass is 283 g/mol. The summed E-state index contributed by atoms with van der Waals surface area (Å²) in [6.07, 6.45) is 1.62. The quantitative estimate of drug-likeness (QED) is 0.913. The molecule has 0 spiro atoms. The van der Waals surface area contributed by atoms with E-state index in [2.05, 4.69) is 10.3 Å². The van der Waals surface area contributed by atoms with Crippen LogP contribution >= 0.6 is 0 Å². The van der Waals surface area contributed by atoms with E-state index in [1.165, 1.54) is 7.11 Å². The van der Waals surface area contributed by atoms with Crippen LogP contribution in [0.25, 0.3) is 0 Å². The number of aromatic nitrogens is 1. The Morgan fingerprint density at radius 2 is 2.14 bits per heavy atom. The minimum absolute atomic E-state index is 0.0869. The van der Waals surface area contributed by atoms with Crippen molar-refractivity contribution in [2.75, 3.05) is 25.1 Å². The standard InChI is InChI=1S/C16H17N3O2/c1-21-15-13(6-4-8-18-15)16(20)19-10-9-17-11-12-5-2-3-7-14(12)19/h2-8,17H,9-11H2,1H3. The zero-order valence-corrected chi connectivity index (χ0v) is 11.9. The number of rotatable bonds is 2. The summed E-state index contributed by atoms with van der Waals surface area (Å²) in [6.45, 7) is 2.14. The number of benzene rings is 1. The second-order valence-electron chi connectivity index (χ2n) is 4.82. The molecule has 21 heavy (non-hydrogen) atoms. The van der Waals surface area contributed by atoms with Crippen molar-refractivity contribution in [3.8, 4) is 5.88 Å². The summed E-state index contributed by atoms with van der Waals surface area (Å²) in [5.74, 6) is 0.272. The van der Waals surface area contributed by atoms with E-state index < -0.39 is 0 Å². The first-order chi connectivity index (χ1) is 10.3. The lowest BCUT2D eigenvalue weighted by Gasteiger charge is -2.23. The number of amides is 1. The first-order valence-corrected chi connectivity index (χ1v) is 6.91. The molecule has 0 saturated heterocycles. The zero-order chi connectivity index (χ0) is 14.7. The van der Waals surface area contributed by atoms with E-state index >= 15 is 0 Å². The molecule has 1 aliphatic rings. The summed E-state index contributed by atoms with van der Waals surface area (Å²) in [5, 5.41) is 3.33. The molecule has 5 nitrogen and oxygen atoms in total. The zero-order valence-electron chi connectivity index (χ0n) is 11.9. The van der Waals surface area contributed by atoms with Crippen molar-refractivity contribution in [2.45, 2.75) is 6.54 Å². The van der Waals surface area contributed by atoms with Crippen LogP contribution in [0, 0.1) is 0 Å². The highest BCUT2D eigenvalue weighted by atomic mass is 16.5. The number of methoxy groups -OCH3 is 1. The molecule has 2 aromatic rings. The van der Waals surface area contributed by atoms with Gasteiger partial charge in [-0.25, -0.2) is 4.98 Å². The number of pyridine rings is 1. The highest BCUT2D eigenvalue weighted by Gasteiger charge is 2.24. The van der Waals surface area contributed by atoms with Gasteiger partial charge < -0.3 is 15.0 Å². The van der Waals surface area contributed by atoms with E-state index in [0.29, 0.717) is 18.0 Å². The molecule has 0 bridgehead atoms. The van der Waals surface area contributed by atoms with Crippen LogP contribution in [-0.4, -0.2) is 31.1 Å². The van der Waals surface area contributed by atoms with E-state index in [4.69, 9.17) is 4.74 Å². The maximum absolute atomic E-state index is 12.9. The average Bonchev–Trinajstić information content (AvgIpc) is 2.76. The van der Waals surface area contributed by atoms with Gasteiger partial charge >= 0.3 is 0 Å². The van der Waals surface area contributed by atoms with Crippen molar-refractivity contribution >= 4 is 11.6 Å². The van der Waals surface area contributed by atoms with Crippen LogP contribution in [0.2, 0.25) is 0 Å². The molecule has 0 aliphatic carbocycles. The van der Waals surface area contributed by atoms with Gasteiger partial charge in [-0.3, -0.25) is 4.79 Å². The molecule has 0 radical (unpaired) electrons. The third kappa shape index (κ3) is 2.60. The molecule has 0 fully saturated rings. The fourth-order valence-corrected chi connectivity index (χ4v) is 2.53. The predicted molar refractivity (Wildman–Crippen MR) is 80.6 cm³/mol. The Morgan fingerprint density at radius 1 is 1.29 bits per heavy atom. The Morgan fingerprint density at radius 3 is 3.00 bits per heavy atom. The molecule has 2 heterocycles. The molecular formula is C16H17N3O2. The summed E-state index contributed by atoms with van der Waals surface area (Å²) >= 11 is 0. The van der Waals surface area contributed by atoms with Crippen LogP contribution in [0.1, 0.15) is 15.9 Å². The number of anilines is 1. The van der Waals surface area contributed by atoms with Gasteiger partial charge in [-0.05, 0) is 23.8 Å².